The van der Waals surface area contributed by atoms with Crippen LogP contribution >= 0.6 is 0 Å². The lowest BCUT2D eigenvalue weighted by Crippen LogP contribution is -1.95. The van der Waals surface area contributed by atoms with Gasteiger partial charge in [-0.3, -0.25) is 4.57 Å². The highest BCUT2D eigenvalue weighted by atomic mass is 16.5. The Morgan fingerprint density at radius 1 is 1.21 bits per heavy atom. The van der Waals surface area contributed by atoms with Gasteiger partial charge in [0.05, 0.1) is 17.6 Å². The van der Waals surface area contributed by atoms with Crippen molar-refractivity contribution in [2.24, 2.45) is 0 Å². The summed E-state index contributed by atoms with van der Waals surface area (Å²) in [6.45, 7) is 0.605. The summed E-state index contributed by atoms with van der Waals surface area (Å²) in [6, 6.07) is 14.0. The molecule has 0 aliphatic rings. The van der Waals surface area contributed by atoms with Gasteiger partial charge >= 0.3 is 0 Å². The van der Waals surface area contributed by atoms with Crippen molar-refractivity contribution in [2.75, 3.05) is 12.8 Å². The molecule has 4 heteroatoms. The molecule has 0 aliphatic carbocycles. The minimum Gasteiger partial charge on any atom is -0.399 e. The van der Waals surface area contributed by atoms with E-state index >= 15 is 0 Å². The molecule has 19 heavy (non-hydrogen) atoms. The van der Waals surface area contributed by atoms with E-state index in [2.05, 4.69) is 17.1 Å². The third kappa shape index (κ3) is 2.18. The molecule has 0 spiro atoms. The Hall–Kier alpha value is -2.33. The zero-order chi connectivity index (χ0) is 13.2. The fourth-order valence-corrected chi connectivity index (χ4v) is 2.20. The number of nitrogen functional groups attached to an aromatic ring is 1. The van der Waals surface area contributed by atoms with Crippen LogP contribution < -0.4 is 5.73 Å². The number of ether oxygens (including phenoxy) is 1. The van der Waals surface area contributed by atoms with Crippen molar-refractivity contribution in [1.82, 2.24) is 9.55 Å². The van der Waals surface area contributed by atoms with Gasteiger partial charge in [0.1, 0.15) is 6.33 Å². The summed E-state index contributed by atoms with van der Waals surface area (Å²) in [7, 11) is 1.70. The van der Waals surface area contributed by atoms with Crippen LogP contribution in [0.25, 0.3) is 16.7 Å². The van der Waals surface area contributed by atoms with Crippen molar-refractivity contribution in [3.05, 3.63) is 54.4 Å². The van der Waals surface area contributed by atoms with Gasteiger partial charge in [0.25, 0.3) is 0 Å². The van der Waals surface area contributed by atoms with E-state index in [1.807, 2.05) is 41.2 Å². The summed E-state index contributed by atoms with van der Waals surface area (Å²) in [4.78, 5) is 4.38. The largest absolute Gasteiger partial charge is 0.399 e. The van der Waals surface area contributed by atoms with Gasteiger partial charge in [-0.25, -0.2) is 4.98 Å². The Labute approximate surface area is 111 Å². The van der Waals surface area contributed by atoms with Crippen LogP contribution in [0.4, 0.5) is 5.69 Å². The lowest BCUT2D eigenvalue weighted by Gasteiger charge is -2.07. The fourth-order valence-electron chi connectivity index (χ4n) is 2.20. The first-order valence-electron chi connectivity index (χ1n) is 6.09. The number of methoxy groups -OCH3 is 1. The molecule has 1 aromatic heterocycles. The third-order valence-electron chi connectivity index (χ3n) is 3.07. The highest BCUT2D eigenvalue weighted by molar-refractivity contribution is 5.80. The Morgan fingerprint density at radius 2 is 2.11 bits per heavy atom. The molecule has 0 fully saturated rings. The maximum absolute atomic E-state index is 5.77. The topological polar surface area (TPSA) is 53.1 Å². The predicted octanol–water partition coefficient (Wildman–Crippen LogP) is 2.75. The van der Waals surface area contributed by atoms with E-state index in [0.29, 0.717) is 6.61 Å². The summed E-state index contributed by atoms with van der Waals surface area (Å²) < 4.78 is 7.21. The lowest BCUT2D eigenvalue weighted by molar-refractivity contribution is 0.185. The number of hydrogen-bond acceptors (Lipinski definition) is 3. The molecule has 2 aromatic carbocycles. The molecule has 96 valence electrons. The smallest absolute Gasteiger partial charge is 0.100 e. The molecule has 2 N–H and O–H groups in total. The Balaban J connectivity index is 2.11. The van der Waals surface area contributed by atoms with Crippen molar-refractivity contribution in [3.8, 4) is 5.69 Å². The van der Waals surface area contributed by atoms with Gasteiger partial charge < -0.3 is 10.5 Å². The first-order chi connectivity index (χ1) is 9.28. The molecule has 0 unspecified atom stereocenters. The second-order valence-electron chi connectivity index (χ2n) is 4.47. The number of aromatic nitrogens is 2. The van der Waals surface area contributed by atoms with E-state index in [1.54, 1.807) is 7.11 Å². The number of imidazole rings is 1. The van der Waals surface area contributed by atoms with Gasteiger partial charge in [0.2, 0.25) is 0 Å². The summed E-state index contributed by atoms with van der Waals surface area (Å²) >= 11 is 0. The standard InChI is InChI=1S/C15H15N3O/c1-19-9-11-3-2-4-13(7-11)18-10-17-14-8-12(16)5-6-15(14)18/h2-8,10H,9,16H2,1H3. The van der Waals surface area contributed by atoms with Crippen LogP contribution in [0.15, 0.2) is 48.8 Å². The Bertz CT molecular complexity index is 718. The summed E-state index contributed by atoms with van der Waals surface area (Å²) in [6.07, 6.45) is 1.82. The van der Waals surface area contributed by atoms with Crippen molar-refractivity contribution in [2.45, 2.75) is 6.61 Å². The average Bonchev–Trinajstić information content (AvgIpc) is 2.82. The van der Waals surface area contributed by atoms with E-state index in [-0.39, 0.29) is 0 Å². The molecular formula is C15H15N3O. The van der Waals surface area contributed by atoms with Crippen molar-refractivity contribution in [1.29, 1.82) is 0 Å². The molecule has 0 radical (unpaired) electrons. The number of nitrogens with two attached hydrogens (primary N) is 1. The summed E-state index contributed by atoms with van der Waals surface area (Å²) in [5.74, 6) is 0. The first kappa shape index (κ1) is 11.7. The van der Waals surface area contributed by atoms with Crippen LogP contribution in [-0.4, -0.2) is 16.7 Å². The van der Waals surface area contributed by atoms with E-state index in [4.69, 9.17) is 10.5 Å². The van der Waals surface area contributed by atoms with Gasteiger partial charge in [-0.05, 0) is 35.9 Å². The molecule has 4 nitrogen and oxygen atoms in total. The van der Waals surface area contributed by atoms with Crippen LogP contribution in [0, 0.1) is 0 Å². The molecule has 0 saturated heterocycles. The van der Waals surface area contributed by atoms with E-state index < -0.39 is 0 Å². The average molecular weight is 253 g/mol. The number of anilines is 1. The minimum absolute atomic E-state index is 0.605. The Morgan fingerprint density at radius 3 is 2.95 bits per heavy atom. The van der Waals surface area contributed by atoms with Gasteiger partial charge in [-0.1, -0.05) is 12.1 Å². The maximum Gasteiger partial charge on any atom is 0.100 e. The summed E-state index contributed by atoms with van der Waals surface area (Å²) in [5, 5.41) is 0. The van der Waals surface area contributed by atoms with Crippen molar-refractivity contribution >= 4 is 16.7 Å². The second kappa shape index (κ2) is 4.74. The molecule has 0 aliphatic heterocycles. The quantitative estimate of drug-likeness (QED) is 0.730. The highest BCUT2D eigenvalue weighted by Gasteiger charge is 2.05. The number of nitrogens with zero attached hydrogens (tertiary/aromatic N) is 2. The van der Waals surface area contributed by atoms with Crippen molar-refractivity contribution in [3.63, 3.8) is 0 Å². The number of benzene rings is 2. The first-order valence-corrected chi connectivity index (χ1v) is 6.09. The third-order valence-corrected chi connectivity index (χ3v) is 3.07. The molecule has 0 bridgehead atoms. The van der Waals surface area contributed by atoms with E-state index in [0.717, 1.165) is 28.0 Å². The highest BCUT2D eigenvalue weighted by Crippen LogP contribution is 2.21. The normalized spacial score (nSPS) is 11.0. The van der Waals surface area contributed by atoms with Crippen LogP contribution in [0.2, 0.25) is 0 Å². The molecule has 0 saturated carbocycles. The lowest BCUT2D eigenvalue weighted by atomic mass is 10.2. The molecule has 1 heterocycles. The van der Waals surface area contributed by atoms with Crippen LogP contribution in [-0.2, 0) is 11.3 Å². The predicted molar refractivity (Wildman–Crippen MR) is 76.2 cm³/mol. The van der Waals surface area contributed by atoms with E-state index in [9.17, 15) is 0 Å². The SMILES string of the molecule is COCc1cccc(-n2cnc3cc(N)ccc32)c1. The molecule has 3 aromatic rings. The molecule has 0 amide bonds. The maximum atomic E-state index is 5.77. The van der Waals surface area contributed by atoms with Gasteiger partial charge in [0.15, 0.2) is 0 Å². The van der Waals surface area contributed by atoms with Gasteiger partial charge in [-0.2, -0.15) is 0 Å². The van der Waals surface area contributed by atoms with Gasteiger partial charge in [0, 0.05) is 18.5 Å². The number of fused-ring (bicyclic) bond motifs is 1. The monoisotopic (exact) mass is 253 g/mol. The molecule has 0 atom stereocenters. The van der Waals surface area contributed by atoms with Crippen LogP contribution in [0.5, 0.6) is 0 Å². The molecule has 3 rings (SSSR count). The van der Waals surface area contributed by atoms with E-state index in [1.165, 1.54) is 0 Å². The number of rotatable bonds is 3. The fraction of sp³-hybridized carbons (Fsp3) is 0.133. The number of hydrogen-bond donors (Lipinski definition) is 1. The summed E-state index contributed by atoms with van der Waals surface area (Å²) in [5.41, 5.74) is 10.7. The zero-order valence-electron chi connectivity index (χ0n) is 10.7. The van der Waals surface area contributed by atoms with Crippen LogP contribution in [0.1, 0.15) is 5.56 Å². The molecular weight excluding hydrogens is 238 g/mol. The second-order valence-corrected chi connectivity index (χ2v) is 4.47. The zero-order valence-corrected chi connectivity index (χ0v) is 10.7. The van der Waals surface area contributed by atoms with Crippen molar-refractivity contribution < 1.29 is 4.74 Å². The minimum atomic E-state index is 0.605. The van der Waals surface area contributed by atoms with Gasteiger partial charge in [-0.15, -0.1) is 0 Å². The Kier molecular flexibility index (Phi) is 2.93. The van der Waals surface area contributed by atoms with Crippen LogP contribution in [0.3, 0.4) is 0 Å².